The van der Waals surface area contributed by atoms with Crippen molar-refractivity contribution in [2.45, 2.75) is 46.1 Å². The number of hydrogen-bond donors (Lipinski definition) is 0. The molecule has 0 unspecified atom stereocenters. The predicted molar refractivity (Wildman–Crippen MR) is 97.6 cm³/mol. The largest absolute Gasteiger partial charge is 0.358 e. The van der Waals surface area contributed by atoms with E-state index in [1.54, 1.807) is 4.90 Å². The summed E-state index contributed by atoms with van der Waals surface area (Å²) in [5.41, 5.74) is 1.69. The van der Waals surface area contributed by atoms with E-state index in [4.69, 9.17) is 16.3 Å². The van der Waals surface area contributed by atoms with Gasteiger partial charge in [-0.15, -0.1) is 0 Å². The zero-order valence-electron chi connectivity index (χ0n) is 13.2. The van der Waals surface area contributed by atoms with Crippen LogP contribution in [0.1, 0.15) is 40.2 Å². The third kappa shape index (κ3) is 5.11. The lowest BCUT2D eigenvalue weighted by Gasteiger charge is -2.31. The van der Waals surface area contributed by atoms with Crippen LogP contribution in [0.25, 0.3) is 0 Å². The fourth-order valence-corrected chi connectivity index (χ4v) is 2.64. The van der Waals surface area contributed by atoms with Gasteiger partial charge in [-0.2, -0.15) is 0 Å². The summed E-state index contributed by atoms with van der Waals surface area (Å²) >= 11 is 8.46. The molecular formula is C16H23ClINO2. The molecule has 0 bridgehead atoms. The number of para-hydroxylation sites is 1. The number of carbonyl (C=O) groups excluding carboxylic acids is 1. The van der Waals surface area contributed by atoms with E-state index in [1.165, 1.54) is 0 Å². The number of amides is 1. The molecule has 3 nitrogen and oxygen atoms in total. The molecule has 0 aliphatic heterocycles. The topological polar surface area (TPSA) is 29.5 Å². The van der Waals surface area contributed by atoms with Crippen molar-refractivity contribution in [1.29, 1.82) is 0 Å². The molecule has 0 radical (unpaired) electrons. The Bertz CT molecular complexity index is 498. The van der Waals surface area contributed by atoms with Crippen LogP contribution in [0.2, 0.25) is 5.02 Å². The molecule has 0 atom stereocenters. The van der Waals surface area contributed by atoms with Gasteiger partial charge in [0.2, 0.25) is 5.91 Å². The van der Waals surface area contributed by atoms with Crippen LogP contribution < -0.4 is 4.90 Å². The van der Waals surface area contributed by atoms with E-state index in [-0.39, 0.29) is 24.2 Å². The van der Waals surface area contributed by atoms with Gasteiger partial charge < -0.3 is 4.74 Å². The highest BCUT2D eigenvalue weighted by Crippen LogP contribution is 2.37. The van der Waals surface area contributed by atoms with Gasteiger partial charge >= 0.3 is 0 Å². The standard InChI is InChI=1S/C16H23ClINO2/c1-11(2)21-10-19(14(20)9-18)15-12(16(3,4)5)7-6-8-13(15)17/h6-8,11H,9-10H2,1-5H3. The molecule has 0 saturated heterocycles. The van der Waals surface area contributed by atoms with Crippen LogP contribution in [0.4, 0.5) is 5.69 Å². The Labute approximate surface area is 146 Å². The van der Waals surface area contributed by atoms with Gasteiger partial charge in [0.05, 0.1) is 21.2 Å². The van der Waals surface area contributed by atoms with Gasteiger partial charge in [0, 0.05) is 0 Å². The quantitative estimate of drug-likeness (QED) is 0.387. The predicted octanol–water partition coefficient (Wildman–Crippen LogP) is 4.79. The SMILES string of the molecule is CC(C)OCN(C(=O)CI)c1c(Cl)cccc1C(C)(C)C. The van der Waals surface area contributed by atoms with Crippen molar-refractivity contribution in [2.24, 2.45) is 0 Å². The van der Waals surface area contributed by atoms with Gasteiger partial charge in [0.25, 0.3) is 0 Å². The molecular weight excluding hydrogens is 401 g/mol. The highest BCUT2D eigenvalue weighted by atomic mass is 127. The number of rotatable bonds is 5. The molecule has 1 rings (SSSR count). The van der Waals surface area contributed by atoms with Crippen molar-refractivity contribution in [3.63, 3.8) is 0 Å². The second-order valence-electron chi connectivity index (χ2n) is 6.19. The molecule has 0 aliphatic carbocycles. The maximum absolute atomic E-state index is 12.3. The lowest BCUT2D eigenvalue weighted by Crippen LogP contribution is -2.37. The average Bonchev–Trinajstić information content (AvgIpc) is 2.38. The molecule has 0 spiro atoms. The van der Waals surface area contributed by atoms with Gasteiger partial charge in [-0.1, -0.05) is 67.1 Å². The summed E-state index contributed by atoms with van der Waals surface area (Å²) in [4.78, 5) is 14.0. The zero-order chi connectivity index (χ0) is 16.2. The van der Waals surface area contributed by atoms with Crippen LogP contribution in [-0.4, -0.2) is 23.2 Å². The number of anilines is 1. The molecule has 0 heterocycles. The molecule has 0 N–H and O–H groups in total. The molecule has 0 saturated carbocycles. The van der Waals surface area contributed by atoms with Gasteiger partial charge in [-0.05, 0) is 30.9 Å². The van der Waals surface area contributed by atoms with Gasteiger partial charge in [-0.3, -0.25) is 9.69 Å². The lowest BCUT2D eigenvalue weighted by atomic mass is 9.85. The smallest absolute Gasteiger partial charge is 0.238 e. The monoisotopic (exact) mass is 423 g/mol. The summed E-state index contributed by atoms with van der Waals surface area (Å²) in [6.07, 6.45) is 0.0510. The molecule has 118 valence electrons. The van der Waals surface area contributed by atoms with Crippen molar-refractivity contribution in [3.05, 3.63) is 28.8 Å². The number of nitrogens with zero attached hydrogens (tertiary/aromatic N) is 1. The van der Waals surface area contributed by atoms with Crippen molar-refractivity contribution in [3.8, 4) is 0 Å². The fourth-order valence-electron chi connectivity index (χ4n) is 1.95. The first-order valence-electron chi connectivity index (χ1n) is 6.95. The second-order valence-corrected chi connectivity index (χ2v) is 7.36. The lowest BCUT2D eigenvalue weighted by molar-refractivity contribution is -0.117. The highest BCUT2D eigenvalue weighted by Gasteiger charge is 2.26. The first-order valence-corrected chi connectivity index (χ1v) is 8.85. The van der Waals surface area contributed by atoms with E-state index >= 15 is 0 Å². The minimum atomic E-state index is -0.109. The number of hydrogen-bond acceptors (Lipinski definition) is 2. The fraction of sp³-hybridized carbons (Fsp3) is 0.562. The third-order valence-electron chi connectivity index (χ3n) is 3.02. The molecule has 0 fully saturated rings. The summed E-state index contributed by atoms with van der Waals surface area (Å²) in [6.45, 7) is 10.4. The van der Waals surface area contributed by atoms with Crippen LogP contribution in [-0.2, 0) is 14.9 Å². The molecule has 5 heteroatoms. The van der Waals surface area contributed by atoms with Crippen LogP contribution in [0.5, 0.6) is 0 Å². The first kappa shape index (κ1) is 18.7. The van der Waals surface area contributed by atoms with Crippen LogP contribution in [0.15, 0.2) is 18.2 Å². The number of carbonyl (C=O) groups is 1. The van der Waals surface area contributed by atoms with Gasteiger partial charge in [0.1, 0.15) is 6.73 Å². The Morgan fingerprint density at radius 3 is 2.48 bits per heavy atom. The van der Waals surface area contributed by atoms with Crippen molar-refractivity contribution < 1.29 is 9.53 Å². The molecule has 21 heavy (non-hydrogen) atoms. The maximum atomic E-state index is 12.3. The second kappa shape index (κ2) is 7.79. The molecule has 1 aromatic rings. The van der Waals surface area contributed by atoms with E-state index in [1.807, 2.05) is 32.0 Å². The summed E-state index contributed by atoms with van der Waals surface area (Å²) in [6, 6.07) is 5.75. The van der Waals surface area contributed by atoms with Crippen LogP contribution in [0, 0.1) is 0 Å². The summed E-state index contributed by atoms with van der Waals surface area (Å²) in [5, 5.41) is 0.577. The summed E-state index contributed by atoms with van der Waals surface area (Å²) in [7, 11) is 0. The van der Waals surface area contributed by atoms with Crippen LogP contribution in [0.3, 0.4) is 0 Å². The van der Waals surface area contributed by atoms with Crippen LogP contribution >= 0.6 is 34.2 Å². The summed E-state index contributed by atoms with van der Waals surface area (Å²) < 4.78 is 6.03. The number of alkyl halides is 1. The minimum absolute atomic E-state index is 0.00477. The van der Waals surface area contributed by atoms with E-state index in [0.717, 1.165) is 11.3 Å². The number of halogens is 2. The van der Waals surface area contributed by atoms with Crippen molar-refractivity contribution >= 4 is 45.8 Å². The van der Waals surface area contributed by atoms with Gasteiger partial charge in [-0.25, -0.2) is 0 Å². The van der Waals surface area contributed by atoms with E-state index < -0.39 is 0 Å². The Morgan fingerprint density at radius 1 is 1.38 bits per heavy atom. The molecule has 0 aromatic heterocycles. The van der Waals surface area contributed by atoms with Crippen molar-refractivity contribution in [1.82, 2.24) is 0 Å². The van der Waals surface area contributed by atoms with Crippen molar-refractivity contribution in [2.75, 3.05) is 16.1 Å². The average molecular weight is 424 g/mol. The third-order valence-corrected chi connectivity index (χ3v) is 3.97. The van der Waals surface area contributed by atoms with Gasteiger partial charge in [0.15, 0.2) is 0 Å². The number of ether oxygens (including phenoxy) is 1. The minimum Gasteiger partial charge on any atom is -0.358 e. The first-order chi connectivity index (χ1) is 9.68. The zero-order valence-corrected chi connectivity index (χ0v) is 16.2. The molecule has 1 aromatic carbocycles. The summed E-state index contributed by atoms with van der Waals surface area (Å²) in [5.74, 6) is -0.00477. The highest BCUT2D eigenvalue weighted by molar-refractivity contribution is 14.1. The van der Waals surface area contributed by atoms with E-state index in [9.17, 15) is 4.79 Å². The Hall–Kier alpha value is -0.330. The number of benzene rings is 1. The Kier molecular flexibility index (Phi) is 6.94. The maximum Gasteiger partial charge on any atom is 0.238 e. The van der Waals surface area contributed by atoms with E-state index in [0.29, 0.717) is 9.45 Å². The Morgan fingerprint density at radius 2 is 2.00 bits per heavy atom. The van der Waals surface area contributed by atoms with E-state index in [2.05, 4.69) is 43.4 Å². The Balaban J connectivity index is 3.32. The normalized spacial score (nSPS) is 11.8. The molecule has 1 amide bonds. The molecule has 0 aliphatic rings.